The van der Waals surface area contributed by atoms with Crippen molar-refractivity contribution in [1.82, 2.24) is 0 Å². The number of aliphatic hydroxyl groups excluding tert-OH is 1. The minimum Gasteiger partial charge on any atom is -0.462 e. The van der Waals surface area contributed by atoms with Gasteiger partial charge < -0.3 is 14.6 Å². The molecule has 0 saturated carbocycles. The molecule has 0 aliphatic carbocycles. The number of unbranched alkanes of at least 4 members (excludes halogenated alkanes) is 18. The average molecular weight is 1210 g/mol. The Bertz CT molecular complexity index is 2100. The second-order valence-corrected chi connectivity index (χ2v) is 22.5. The minimum absolute atomic E-state index is 0.0895. The molecule has 0 aliphatic heterocycles. The highest BCUT2D eigenvalue weighted by Gasteiger charge is 2.16. The number of carbonyl (C=O) groups excluding carboxylic acids is 2. The van der Waals surface area contributed by atoms with Crippen LogP contribution in [0.25, 0.3) is 0 Å². The number of allylic oxidation sites excluding steroid dienone is 36. The van der Waals surface area contributed by atoms with E-state index in [4.69, 9.17) is 9.47 Å². The lowest BCUT2D eigenvalue weighted by molar-refractivity contribution is -0.161. The maximum Gasteiger partial charge on any atom is 0.306 e. The molecule has 0 aromatic rings. The van der Waals surface area contributed by atoms with Gasteiger partial charge in [-0.25, -0.2) is 0 Å². The molecule has 490 valence electrons. The van der Waals surface area contributed by atoms with E-state index in [1.165, 1.54) is 70.6 Å². The van der Waals surface area contributed by atoms with E-state index in [2.05, 4.69) is 233 Å². The number of hydrogen-bond acceptors (Lipinski definition) is 5. The van der Waals surface area contributed by atoms with Gasteiger partial charge in [-0.15, -0.1) is 0 Å². The molecular formula is C83H128O5. The smallest absolute Gasteiger partial charge is 0.306 e. The van der Waals surface area contributed by atoms with E-state index in [9.17, 15) is 14.7 Å². The van der Waals surface area contributed by atoms with Crippen LogP contribution in [0.3, 0.4) is 0 Å². The maximum absolute atomic E-state index is 12.4. The summed E-state index contributed by atoms with van der Waals surface area (Å²) < 4.78 is 10.7. The van der Waals surface area contributed by atoms with Crippen molar-refractivity contribution in [3.05, 3.63) is 219 Å². The fourth-order valence-electron chi connectivity index (χ4n) is 9.07. The molecule has 0 bridgehead atoms. The van der Waals surface area contributed by atoms with Crippen molar-refractivity contribution in [1.29, 1.82) is 0 Å². The summed E-state index contributed by atoms with van der Waals surface area (Å²) in [5.74, 6) is -0.626. The summed E-state index contributed by atoms with van der Waals surface area (Å²) in [6.45, 7) is 3.89. The van der Waals surface area contributed by atoms with Gasteiger partial charge in [0.15, 0.2) is 6.10 Å². The minimum atomic E-state index is -0.799. The van der Waals surface area contributed by atoms with Crippen molar-refractivity contribution >= 4 is 11.9 Å². The van der Waals surface area contributed by atoms with Crippen molar-refractivity contribution in [3.63, 3.8) is 0 Å². The van der Waals surface area contributed by atoms with Crippen molar-refractivity contribution in [2.45, 2.75) is 277 Å². The van der Waals surface area contributed by atoms with Crippen molar-refractivity contribution in [3.8, 4) is 0 Å². The molecule has 1 N–H and O–H groups in total. The number of esters is 2. The Hall–Kier alpha value is -5.78. The maximum atomic E-state index is 12.4. The van der Waals surface area contributed by atoms with Crippen LogP contribution in [0.1, 0.15) is 271 Å². The SMILES string of the molecule is CC/C=C\C/C=C\C/C=C\C/C=C\C/C=C\C/C=C\C/C=C\C/C=C\C/C=C\CCCCCCCCCCCCCCCC(=O)OC(CO)COC(=O)CCCCCCC/C=C\C/C=C\C/C=C\C/C=C\C/C=C\C/C=C\C/C=C\C/C=C\C/C=C\CC. The zero-order chi connectivity index (χ0) is 63.3. The van der Waals surface area contributed by atoms with E-state index in [1.54, 1.807) is 0 Å². The van der Waals surface area contributed by atoms with Gasteiger partial charge in [0, 0.05) is 12.8 Å². The molecule has 0 heterocycles. The molecular weight excluding hydrogens is 1080 g/mol. The monoisotopic (exact) mass is 1200 g/mol. The van der Waals surface area contributed by atoms with Crippen molar-refractivity contribution in [2.75, 3.05) is 13.2 Å². The first kappa shape index (κ1) is 82.2. The third kappa shape index (κ3) is 72.7. The first-order valence-electron chi connectivity index (χ1n) is 35.3. The standard InChI is InChI=1S/C83H128O5/c1-3-5-7-9-11-13-15-17-19-21-23-25-27-29-31-33-35-37-38-39-40-41-42-43-44-46-48-50-52-54-56-58-60-62-64-66-68-70-72-74-76-78-83(86)88-81(79-84)80-87-82(85)77-75-73-71-69-67-65-63-61-59-57-55-53-51-49-47-45-36-34-32-30-28-26-24-22-20-18-16-14-12-10-8-6-4-2/h5-8,11-14,17-20,23-26,29-32,35-37,39-40,42-43,45-46,48-49,51,55,57,61,63,81,84H,3-4,9-10,15-16,21-22,27-28,33-34,38,41,44,47,50,52-54,56,58-60,62,64-80H2,1-2H3/b7-5-,8-6-,13-11-,14-12-,19-17-,20-18-,25-23-,26-24-,31-29-,32-30-,37-35-,40-39-,43-42-,45-36-,48-46-,51-49-,57-55-,63-61-. The fourth-order valence-corrected chi connectivity index (χ4v) is 9.07. The van der Waals surface area contributed by atoms with Gasteiger partial charge in [0.05, 0.1) is 6.61 Å². The summed E-state index contributed by atoms with van der Waals surface area (Å²) in [6.07, 6.45) is 122. The molecule has 0 rings (SSSR count). The normalized spacial score (nSPS) is 13.6. The number of rotatable bonds is 62. The third-order valence-electron chi connectivity index (χ3n) is 14.3. The Balaban J connectivity index is 3.61. The Morgan fingerprint density at radius 2 is 0.455 bits per heavy atom. The largest absolute Gasteiger partial charge is 0.462 e. The first-order valence-corrected chi connectivity index (χ1v) is 35.3. The van der Waals surface area contributed by atoms with Gasteiger partial charge >= 0.3 is 11.9 Å². The Morgan fingerprint density at radius 3 is 0.682 bits per heavy atom. The van der Waals surface area contributed by atoms with Gasteiger partial charge in [0.2, 0.25) is 0 Å². The van der Waals surface area contributed by atoms with Gasteiger partial charge in [-0.1, -0.05) is 322 Å². The van der Waals surface area contributed by atoms with E-state index in [0.29, 0.717) is 12.8 Å². The van der Waals surface area contributed by atoms with Crippen molar-refractivity contribution < 1.29 is 24.2 Å². The van der Waals surface area contributed by atoms with Gasteiger partial charge in [-0.2, -0.15) is 0 Å². The molecule has 0 aromatic heterocycles. The lowest BCUT2D eigenvalue weighted by atomic mass is 10.0. The second kappa shape index (κ2) is 75.5. The highest BCUT2D eigenvalue weighted by molar-refractivity contribution is 5.70. The molecule has 5 heteroatoms. The lowest BCUT2D eigenvalue weighted by Crippen LogP contribution is -2.28. The fraction of sp³-hybridized carbons (Fsp3) is 0.542. The van der Waals surface area contributed by atoms with Gasteiger partial charge in [0.1, 0.15) is 6.61 Å². The molecule has 1 unspecified atom stereocenters. The molecule has 0 fully saturated rings. The highest BCUT2D eigenvalue weighted by atomic mass is 16.6. The number of ether oxygens (including phenoxy) is 2. The van der Waals surface area contributed by atoms with E-state index >= 15 is 0 Å². The molecule has 0 aromatic carbocycles. The molecule has 0 saturated heterocycles. The molecule has 0 amide bonds. The van der Waals surface area contributed by atoms with Crippen LogP contribution < -0.4 is 0 Å². The van der Waals surface area contributed by atoms with E-state index < -0.39 is 6.10 Å². The summed E-state index contributed by atoms with van der Waals surface area (Å²) in [4.78, 5) is 24.7. The molecule has 0 spiro atoms. The van der Waals surface area contributed by atoms with Gasteiger partial charge in [-0.3, -0.25) is 9.59 Å². The van der Waals surface area contributed by atoms with Crippen LogP contribution >= 0.6 is 0 Å². The van der Waals surface area contributed by atoms with E-state index in [0.717, 1.165) is 173 Å². The van der Waals surface area contributed by atoms with E-state index in [1.807, 2.05) is 0 Å². The van der Waals surface area contributed by atoms with Crippen LogP contribution in [-0.2, 0) is 19.1 Å². The average Bonchev–Trinajstić information content (AvgIpc) is 3.56. The van der Waals surface area contributed by atoms with E-state index in [-0.39, 0.29) is 25.2 Å². The van der Waals surface area contributed by atoms with Crippen LogP contribution in [0.5, 0.6) is 0 Å². The van der Waals surface area contributed by atoms with Crippen LogP contribution in [0.15, 0.2) is 219 Å². The molecule has 1 atom stereocenters. The summed E-state index contributed by atoms with van der Waals surface area (Å²) in [5.41, 5.74) is 0. The first-order chi connectivity index (χ1) is 43.6. The Kier molecular flexibility index (Phi) is 70.5. The lowest BCUT2D eigenvalue weighted by Gasteiger charge is -2.15. The summed E-state index contributed by atoms with van der Waals surface area (Å²) in [7, 11) is 0. The van der Waals surface area contributed by atoms with Crippen molar-refractivity contribution in [2.24, 2.45) is 0 Å². The third-order valence-corrected chi connectivity index (χ3v) is 14.3. The molecule has 0 aliphatic rings. The second-order valence-electron chi connectivity index (χ2n) is 22.5. The predicted molar refractivity (Wildman–Crippen MR) is 388 cm³/mol. The zero-order valence-electron chi connectivity index (χ0n) is 56.1. The summed E-state index contributed by atoms with van der Waals surface area (Å²) >= 11 is 0. The summed E-state index contributed by atoms with van der Waals surface area (Å²) in [6, 6.07) is 0. The summed E-state index contributed by atoms with van der Waals surface area (Å²) in [5, 5.41) is 9.70. The molecule has 0 radical (unpaired) electrons. The Labute approximate surface area is 542 Å². The topological polar surface area (TPSA) is 72.8 Å². The van der Waals surface area contributed by atoms with Crippen LogP contribution in [0.2, 0.25) is 0 Å². The number of hydrogen-bond donors (Lipinski definition) is 1. The van der Waals surface area contributed by atoms with Crippen LogP contribution in [0.4, 0.5) is 0 Å². The quantitative estimate of drug-likeness (QED) is 0.0373. The predicted octanol–water partition coefficient (Wildman–Crippen LogP) is 25.1. The van der Waals surface area contributed by atoms with Crippen LogP contribution in [-0.4, -0.2) is 36.4 Å². The molecule has 88 heavy (non-hydrogen) atoms. The Morgan fingerprint density at radius 1 is 0.261 bits per heavy atom. The highest BCUT2D eigenvalue weighted by Crippen LogP contribution is 2.15. The zero-order valence-corrected chi connectivity index (χ0v) is 56.1. The molecule has 5 nitrogen and oxygen atoms in total. The number of carbonyl (C=O) groups is 2. The van der Waals surface area contributed by atoms with Gasteiger partial charge in [-0.05, 0) is 154 Å². The van der Waals surface area contributed by atoms with Gasteiger partial charge in [0.25, 0.3) is 0 Å². The van der Waals surface area contributed by atoms with Crippen LogP contribution in [0, 0.1) is 0 Å². The number of aliphatic hydroxyl groups is 1.